The maximum Gasteiger partial charge on any atom is 0.387 e. The lowest BCUT2D eigenvalue weighted by molar-refractivity contribution is -0.119. The molecule has 1 amide bonds. The lowest BCUT2D eigenvalue weighted by atomic mass is 9.87. The second-order valence-electron chi connectivity index (χ2n) is 5.57. The number of hydrogen-bond donors (Lipinski definition) is 2. The normalized spacial score (nSPS) is 13.0. The standard InChI is InChI=1S/C14H20F2N2O3/c1-14(2,3)11(17)12(19)18-9-7-8(20-4)5-6-10(9)21-13(15)16/h5-7,11,13H,17H2,1-4H3,(H,18,19)/t11-/m0/s1. The molecule has 1 aromatic carbocycles. The van der Waals surface area contributed by atoms with Crippen LogP contribution in [0.15, 0.2) is 18.2 Å². The summed E-state index contributed by atoms with van der Waals surface area (Å²) in [7, 11) is 1.43. The van der Waals surface area contributed by atoms with E-state index in [1.165, 1.54) is 25.3 Å². The van der Waals surface area contributed by atoms with E-state index >= 15 is 0 Å². The second-order valence-corrected chi connectivity index (χ2v) is 5.57. The van der Waals surface area contributed by atoms with Crippen LogP contribution in [-0.2, 0) is 4.79 Å². The smallest absolute Gasteiger partial charge is 0.387 e. The Labute approximate surface area is 122 Å². The van der Waals surface area contributed by atoms with E-state index in [1.54, 1.807) is 20.8 Å². The number of hydrogen-bond acceptors (Lipinski definition) is 4. The Morgan fingerprint density at radius 3 is 2.43 bits per heavy atom. The predicted octanol–water partition coefficient (Wildman–Crippen LogP) is 2.61. The van der Waals surface area contributed by atoms with Crippen molar-refractivity contribution in [3.63, 3.8) is 0 Å². The Morgan fingerprint density at radius 2 is 1.95 bits per heavy atom. The van der Waals surface area contributed by atoms with Gasteiger partial charge in [0.25, 0.3) is 0 Å². The van der Waals surface area contributed by atoms with Crippen LogP contribution < -0.4 is 20.5 Å². The number of amides is 1. The third-order valence-corrected chi connectivity index (χ3v) is 2.88. The molecule has 0 aliphatic rings. The molecule has 1 rings (SSSR count). The van der Waals surface area contributed by atoms with Crippen LogP contribution in [0, 0.1) is 5.41 Å². The number of anilines is 1. The summed E-state index contributed by atoms with van der Waals surface area (Å²) in [6.45, 7) is 2.42. The number of benzene rings is 1. The first-order valence-electron chi connectivity index (χ1n) is 6.34. The zero-order valence-corrected chi connectivity index (χ0v) is 12.4. The highest BCUT2D eigenvalue weighted by Crippen LogP contribution is 2.31. The number of rotatable bonds is 5. The minimum Gasteiger partial charge on any atom is -0.497 e. The molecule has 1 atom stereocenters. The molecular formula is C14H20F2N2O3. The Kier molecular flexibility index (Phi) is 5.48. The summed E-state index contributed by atoms with van der Waals surface area (Å²) < 4.78 is 34.1. The Balaban J connectivity index is 3.01. The van der Waals surface area contributed by atoms with Crippen molar-refractivity contribution in [1.82, 2.24) is 0 Å². The van der Waals surface area contributed by atoms with Gasteiger partial charge in [-0.1, -0.05) is 20.8 Å². The van der Waals surface area contributed by atoms with Crippen LogP contribution in [-0.4, -0.2) is 25.7 Å². The zero-order valence-electron chi connectivity index (χ0n) is 12.4. The van der Waals surface area contributed by atoms with E-state index < -0.39 is 24.0 Å². The van der Waals surface area contributed by atoms with Crippen LogP contribution in [0.3, 0.4) is 0 Å². The third kappa shape index (κ3) is 4.86. The van der Waals surface area contributed by atoms with Crippen molar-refractivity contribution < 1.29 is 23.0 Å². The molecule has 1 aromatic rings. The number of carbonyl (C=O) groups is 1. The van der Waals surface area contributed by atoms with E-state index in [0.29, 0.717) is 5.75 Å². The van der Waals surface area contributed by atoms with Crippen molar-refractivity contribution in [2.75, 3.05) is 12.4 Å². The molecule has 0 bridgehead atoms. The topological polar surface area (TPSA) is 73.6 Å². The average molecular weight is 302 g/mol. The third-order valence-electron chi connectivity index (χ3n) is 2.88. The highest BCUT2D eigenvalue weighted by Gasteiger charge is 2.28. The summed E-state index contributed by atoms with van der Waals surface area (Å²) in [6.07, 6.45) is 0. The van der Waals surface area contributed by atoms with Gasteiger partial charge in [0.05, 0.1) is 18.8 Å². The number of nitrogens with two attached hydrogens (primary N) is 1. The molecule has 0 aliphatic carbocycles. The van der Waals surface area contributed by atoms with E-state index in [4.69, 9.17) is 10.5 Å². The Hall–Kier alpha value is -1.89. The van der Waals surface area contributed by atoms with Gasteiger partial charge in [-0.3, -0.25) is 4.79 Å². The first-order valence-corrected chi connectivity index (χ1v) is 6.34. The van der Waals surface area contributed by atoms with Crippen molar-refractivity contribution in [1.29, 1.82) is 0 Å². The van der Waals surface area contributed by atoms with Crippen LogP contribution >= 0.6 is 0 Å². The fourth-order valence-electron chi connectivity index (χ4n) is 1.54. The summed E-state index contributed by atoms with van der Waals surface area (Å²) in [5.41, 5.74) is 5.45. The quantitative estimate of drug-likeness (QED) is 0.877. The van der Waals surface area contributed by atoms with Gasteiger partial charge in [0.15, 0.2) is 0 Å². The number of ether oxygens (including phenoxy) is 2. The minimum absolute atomic E-state index is 0.0827. The summed E-state index contributed by atoms with van der Waals surface area (Å²) in [6, 6.07) is 3.34. The summed E-state index contributed by atoms with van der Waals surface area (Å²) in [5, 5.41) is 2.49. The highest BCUT2D eigenvalue weighted by atomic mass is 19.3. The van der Waals surface area contributed by atoms with Gasteiger partial charge in [-0.05, 0) is 17.5 Å². The van der Waals surface area contributed by atoms with E-state index in [9.17, 15) is 13.6 Å². The highest BCUT2D eigenvalue weighted by molar-refractivity contribution is 5.96. The zero-order chi connectivity index (χ0) is 16.2. The van der Waals surface area contributed by atoms with E-state index in [-0.39, 0.29) is 11.4 Å². The molecule has 0 fully saturated rings. The first kappa shape index (κ1) is 17.2. The van der Waals surface area contributed by atoms with Gasteiger partial charge in [-0.15, -0.1) is 0 Å². The molecule has 0 saturated carbocycles. The fourth-order valence-corrected chi connectivity index (χ4v) is 1.54. The molecule has 118 valence electrons. The molecule has 0 aromatic heterocycles. The van der Waals surface area contributed by atoms with Gasteiger partial charge < -0.3 is 20.5 Å². The second kappa shape index (κ2) is 6.71. The number of nitrogens with one attached hydrogen (secondary N) is 1. The number of carbonyl (C=O) groups excluding carboxylic acids is 1. The Bertz CT molecular complexity index is 501. The van der Waals surface area contributed by atoms with Gasteiger partial charge in [0.2, 0.25) is 5.91 Å². The number of methoxy groups -OCH3 is 1. The molecule has 0 saturated heterocycles. The molecule has 3 N–H and O–H groups in total. The molecule has 7 heteroatoms. The van der Waals surface area contributed by atoms with Gasteiger partial charge in [0, 0.05) is 6.07 Å². The lowest BCUT2D eigenvalue weighted by Crippen LogP contribution is -2.45. The van der Waals surface area contributed by atoms with E-state index in [2.05, 4.69) is 10.1 Å². The molecular weight excluding hydrogens is 282 g/mol. The van der Waals surface area contributed by atoms with E-state index in [0.717, 1.165) is 0 Å². The average Bonchev–Trinajstić information content (AvgIpc) is 2.38. The van der Waals surface area contributed by atoms with Crippen LogP contribution in [0.2, 0.25) is 0 Å². The largest absolute Gasteiger partial charge is 0.497 e. The number of halogens is 2. The fraction of sp³-hybridized carbons (Fsp3) is 0.500. The lowest BCUT2D eigenvalue weighted by Gasteiger charge is -2.26. The van der Waals surface area contributed by atoms with E-state index in [1.807, 2.05) is 0 Å². The van der Waals surface area contributed by atoms with Crippen LogP contribution in [0.1, 0.15) is 20.8 Å². The molecule has 0 spiro atoms. The molecule has 0 aliphatic heterocycles. The van der Waals surface area contributed by atoms with Gasteiger partial charge >= 0.3 is 6.61 Å². The number of alkyl halides is 2. The van der Waals surface area contributed by atoms with Gasteiger partial charge in [-0.2, -0.15) is 8.78 Å². The van der Waals surface area contributed by atoms with Crippen molar-refractivity contribution in [3.05, 3.63) is 18.2 Å². The van der Waals surface area contributed by atoms with Gasteiger partial charge in [-0.25, -0.2) is 0 Å². The summed E-state index contributed by atoms with van der Waals surface area (Å²) in [4.78, 5) is 12.1. The monoisotopic (exact) mass is 302 g/mol. The molecule has 0 radical (unpaired) electrons. The SMILES string of the molecule is COc1ccc(OC(F)F)c(NC(=O)[C@H](N)C(C)(C)C)c1. The van der Waals surface area contributed by atoms with Crippen molar-refractivity contribution in [2.24, 2.45) is 11.1 Å². The molecule has 0 unspecified atom stereocenters. The molecule has 21 heavy (non-hydrogen) atoms. The van der Waals surface area contributed by atoms with Crippen LogP contribution in [0.5, 0.6) is 11.5 Å². The summed E-state index contributed by atoms with van der Waals surface area (Å²) in [5.74, 6) is -0.244. The minimum atomic E-state index is -3.00. The van der Waals surface area contributed by atoms with Crippen molar-refractivity contribution in [2.45, 2.75) is 33.4 Å². The molecule has 0 heterocycles. The molecule has 5 nitrogen and oxygen atoms in total. The van der Waals surface area contributed by atoms with Crippen molar-refractivity contribution >= 4 is 11.6 Å². The Morgan fingerprint density at radius 1 is 1.33 bits per heavy atom. The van der Waals surface area contributed by atoms with Gasteiger partial charge in [0.1, 0.15) is 11.5 Å². The van der Waals surface area contributed by atoms with Crippen LogP contribution in [0.4, 0.5) is 14.5 Å². The van der Waals surface area contributed by atoms with Crippen LogP contribution in [0.25, 0.3) is 0 Å². The maximum absolute atomic E-state index is 12.4. The first-order chi connectivity index (χ1) is 9.65. The maximum atomic E-state index is 12.4. The summed E-state index contributed by atoms with van der Waals surface area (Å²) >= 11 is 0. The predicted molar refractivity (Wildman–Crippen MR) is 75.7 cm³/mol. The van der Waals surface area contributed by atoms with Crippen molar-refractivity contribution in [3.8, 4) is 11.5 Å².